The number of carbonyl (C=O) groups is 1. The number of thioether (sulfide) groups is 1. The molecular formula is C13H23NOS. The Morgan fingerprint density at radius 1 is 1.56 bits per heavy atom. The van der Waals surface area contributed by atoms with Crippen molar-refractivity contribution in [2.75, 3.05) is 12.8 Å². The monoisotopic (exact) mass is 241 g/mol. The van der Waals surface area contributed by atoms with Crippen LogP contribution in [0.5, 0.6) is 0 Å². The molecule has 0 spiro atoms. The summed E-state index contributed by atoms with van der Waals surface area (Å²) >= 11 is 1.81. The van der Waals surface area contributed by atoms with Crippen molar-refractivity contribution in [3.8, 4) is 0 Å². The minimum atomic E-state index is 0.202. The molecule has 0 bridgehead atoms. The Labute approximate surface area is 103 Å². The summed E-state index contributed by atoms with van der Waals surface area (Å²) in [6.07, 6.45) is 6.91. The van der Waals surface area contributed by atoms with E-state index in [1.807, 2.05) is 16.7 Å². The first-order valence-electron chi connectivity index (χ1n) is 6.12. The number of carbonyl (C=O) groups excluding carboxylic acids is 1. The van der Waals surface area contributed by atoms with Crippen molar-refractivity contribution in [3.63, 3.8) is 0 Å². The van der Waals surface area contributed by atoms with Crippen LogP contribution in [-0.2, 0) is 4.79 Å². The predicted octanol–water partition coefficient (Wildman–Crippen LogP) is 3.43. The third-order valence-corrected chi connectivity index (χ3v) is 4.18. The van der Waals surface area contributed by atoms with E-state index in [1.54, 1.807) is 12.5 Å². The second-order valence-corrected chi connectivity index (χ2v) is 5.44. The van der Waals surface area contributed by atoms with Crippen molar-refractivity contribution in [2.45, 2.75) is 52.5 Å². The number of amides is 1. The average molecular weight is 241 g/mol. The van der Waals surface area contributed by atoms with Crippen LogP contribution in [0.25, 0.3) is 0 Å². The van der Waals surface area contributed by atoms with E-state index in [1.165, 1.54) is 24.2 Å². The van der Waals surface area contributed by atoms with E-state index in [2.05, 4.69) is 20.1 Å². The molecule has 1 heterocycles. The van der Waals surface area contributed by atoms with Crippen molar-refractivity contribution < 1.29 is 4.79 Å². The van der Waals surface area contributed by atoms with Gasteiger partial charge in [0, 0.05) is 17.9 Å². The maximum atomic E-state index is 11.5. The predicted molar refractivity (Wildman–Crippen MR) is 71.5 cm³/mol. The standard InChI is InChI=1S/C13H23NOS/c1-5-6-7-12-8-10(2)14(11(3)15)9-13(12)16-4/h10H,5-9H2,1-4H3. The summed E-state index contributed by atoms with van der Waals surface area (Å²) in [5.74, 6) is 0.202. The SMILES string of the molecule is CCCCC1=C(SC)CN(C(C)=O)C(C)C1. The lowest BCUT2D eigenvalue weighted by molar-refractivity contribution is -0.130. The van der Waals surface area contributed by atoms with Crippen LogP contribution in [0, 0.1) is 0 Å². The summed E-state index contributed by atoms with van der Waals surface area (Å²) in [7, 11) is 0. The molecule has 0 aliphatic carbocycles. The van der Waals surface area contributed by atoms with Crippen LogP contribution in [0.4, 0.5) is 0 Å². The number of hydrogen-bond acceptors (Lipinski definition) is 2. The van der Waals surface area contributed by atoms with E-state index in [4.69, 9.17) is 0 Å². The number of unbranched alkanes of at least 4 members (excludes halogenated alkanes) is 1. The van der Waals surface area contributed by atoms with Crippen LogP contribution < -0.4 is 0 Å². The van der Waals surface area contributed by atoms with Gasteiger partial charge >= 0.3 is 0 Å². The van der Waals surface area contributed by atoms with Crippen LogP contribution in [0.3, 0.4) is 0 Å². The van der Waals surface area contributed by atoms with Gasteiger partial charge in [-0.25, -0.2) is 0 Å². The van der Waals surface area contributed by atoms with E-state index in [0.717, 1.165) is 13.0 Å². The second kappa shape index (κ2) is 6.33. The molecule has 0 aromatic heterocycles. The molecule has 0 saturated carbocycles. The van der Waals surface area contributed by atoms with Crippen LogP contribution >= 0.6 is 11.8 Å². The van der Waals surface area contributed by atoms with E-state index in [-0.39, 0.29) is 5.91 Å². The minimum Gasteiger partial charge on any atom is -0.335 e. The molecule has 1 amide bonds. The first-order chi connectivity index (χ1) is 7.60. The van der Waals surface area contributed by atoms with Gasteiger partial charge in [0.05, 0.1) is 6.54 Å². The largest absolute Gasteiger partial charge is 0.335 e. The zero-order valence-electron chi connectivity index (χ0n) is 10.9. The Balaban J connectivity index is 2.77. The summed E-state index contributed by atoms with van der Waals surface area (Å²) in [5.41, 5.74) is 1.58. The Morgan fingerprint density at radius 2 is 2.25 bits per heavy atom. The quantitative estimate of drug-likeness (QED) is 0.751. The van der Waals surface area contributed by atoms with Gasteiger partial charge < -0.3 is 4.90 Å². The molecule has 0 radical (unpaired) electrons. The summed E-state index contributed by atoms with van der Waals surface area (Å²) in [5, 5.41) is 0. The number of hydrogen-bond donors (Lipinski definition) is 0. The van der Waals surface area contributed by atoms with Crippen molar-refractivity contribution in [3.05, 3.63) is 10.5 Å². The zero-order valence-corrected chi connectivity index (χ0v) is 11.7. The zero-order chi connectivity index (χ0) is 12.1. The van der Waals surface area contributed by atoms with Gasteiger partial charge in [0.25, 0.3) is 0 Å². The molecule has 1 aliphatic rings. The highest BCUT2D eigenvalue weighted by Gasteiger charge is 2.25. The molecule has 1 atom stereocenters. The molecule has 0 saturated heterocycles. The Kier molecular flexibility index (Phi) is 5.39. The van der Waals surface area contributed by atoms with Crippen molar-refractivity contribution in [1.82, 2.24) is 4.90 Å². The van der Waals surface area contributed by atoms with Gasteiger partial charge in [0.15, 0.2) is 0 Å². The molecule has 1 rings (SSSR count). The van der Waals surface area contributed by atoms with Gasteiger partial charge in [0.2, 0.25) is 5.91 Å². The average Bonchev–Trinajstić information content (AvgIpc) is 2.25. The fourth-order valence-corrected chi connectivity index (χ4v) is 3.01. The Bertz CT molecular complexity index is 286. The first kappa shape index (κ1) is 13.6. The molecule has 0 aromatic rings. The van der Waals surface area contributed by atoms with E-state index >= 15 is 0 Å². The third kappa shape index (κ3) is 3.27. The molecule has 16 heavy (non-hydrogen) atoms. The van der Waals surface area contributed by atoms with Crippen LogP contribution in [0.1, 0.15) is 46.5 Å². The molecule has 0 aromatic carbocycles. The molecule has 1 aliphatic heterocycles. The van der Waals surface area contributed by atoms with Crippen LogP contribution in [0.15, 0.2) is 10.5 Å². The number of rotatable bonds is 4. The van der Waals surface area contributed by atoms with Gasteiger partial charge in [-0.05, 0) is 32.4 Å². The van der Waals surface area contributed by atoms with Crippen molar-refractivity contribution >= 4 is 17.7 Å². The molecule has 0 fully saturated rings. The fraction of sp³-hybridized carbons (Fsp3) is 0.769. The van der Waals surface area contributed by atoms with Gasteiger partial charge in [-0.1, -0.05) is 18.9 Å². The van der Waals surface area contributed by atoms with Gasteiger partial charge in [0.1, 0.15) is 0 Å². The van der Waals surface area contributed by atoms with Gasteiger partial charge in [-0.15, -0.1) is 11.8 Å². The van der Waals surface area contributed by atoms with E-state index in [0.29, 0.717) is 6.04 Å². The van der Waals surface area contributed by atoms with Crippen molar-refractivity contribution in [2.24, 2.45) is 0 Å². The lowest BCUT2D eigenvalue weighted by Crippen LogP contribution is -2.41. The molecular weight excluding hydrogens is 218 g/mol. The van der Waals surface area contributed by atoms with Gasteiger partial charge in [-0.2, -0.15) is 0 Å². The maximum absolute atomic E-state index is 11.5. The highest BCUT2D eigenvalue weighted by atomic mass is 32.2. The van der Waals surface area contributed by atoms with E-state index < -0.39 is 0 Å². The Morgan fingerprint density at radius 3 is 2.75 bits per heavy atom. The first-order valence-corrected chi connectivity index (χ1v) is 7.34. The fourth-order valence-electron chi connectivity index (χ4n) is 2.27. The summed E-state index contributed by atoms with van der Waals surface area (Å²) in [4.78, 5) is 14.9. The summed E-state index contributed by atoms with van der Waals surface area (Å²) in [6.45, 7) is 6.89. The maximum Gasteiger partial charge on any atom is 0.220 e. The minimum absolute atomic E-state index is 0.202. The third-order valence-electron chi connectivity index (χ3n) is 3.27. The number of nitrogens with zero attached hydrogens (tertiary/aromatic N) is 1. The second-order valence-electron chi connectivity index (χ2n) is 4.53. The lowest BCUT2D eigenvalue weighted by Gasteiger charge is -2.35. The molecule has 2 nitrogen and oxygen atoms in total. The van der Waals surface area contributed by atoms with Crippen LogP contribution in [-0.4, -0.2) is 29.6 Å². The normalized spacial score (nSPS) is 21.5. The van der Waals surface area contributed by atoms with Crippen LogP contribution in [0.2, 0.25) is 0 Å². The van der Waals surface area contributed by atoms with Gasteiger partial charge in [-0.3, -0.25) is 4.79 Å². The molecule has 0 N–H and O–H groups in total. The lowest BCUT2D eigenvalue weighted by atomic mass is 9.96. The molecule has 92 valence electrons. The highest BCUT2D eigenvalue weighted by Crippen LogP contribution is 2.31. The summed E-state index contributed by atoms with van der Waals surface area (Å²) < 4.78 is 0. The molecule has 1 unspecified atom stereocenters. The summed E-state index contributed by atoms with van der Waals surface area (Å²) in [6, 6.07) is 0.375. The smallest absolute Gasteiger partial charge is 0.220 e. The van der Waals surface area contributed by atoms with E-state index in [9.17, 15) is 4.79 Å². The molecule has 3 heteroatoms. The highest BCUT2D eigenvalue weighted by molar-refractivity contribution is 8.02. The Hall–Kier alpha value is -0.440. The topological polar surface area (TPSA) is 20.3 Å². The van der Waals surface area contributed by atoms with Crippen molar-refractivity contribution in [1.29, 1.82) is 0 Å².